The minimum Gasteiger partial charge on any atom is -0.399 e. The lowest BCUT2D eigenvalue weighted by Crippen LogP contribution is -2.41. The first-order valence-corrected chi connectivity index (χ1v) is 6.57. The largest absolute Gasteiger partial charge is 0.399 e. The molecule has 3 rings (SSSR count). The Morgan fingerprint density at radius 2 is 2.00 bits per heavy atom. The van der Waals surface area contributed by atoms with E-state index in [0.29, 0.717) is 11.3 Å². The summed E-state index contributed by atoms with van der Waals surface area (Å²) in [7, 11) is 2.22. The van der Waals surface area contributed by atoms with Crippen molar-refractivity contribution < 1.29 is 0 Å². The summed E-state index contributed by atoms with van der Waals surface area (Å²) in [6.45, 7) is 7.08. The summed E-state index contributed by atoms with van der Waals surface area (Å²) in [5.74, 6) is 0.681. The zero-order chi connectivity index (χ0) is 12.2. The number of rotatable bonds is 0. The van der Waals surface area contributed by atoms with E-state index in [1.807, 2.05) is 0 Å². The maximum atomic E-state index is 6.02. The van der Waals surface area contributed by atoms with Crippen molar-refractivity contribution in [1.82, 2.24) is 4.90 Å². The van der Waals surface area contributed by atoms with Gasteiger partial charge in [-0.15, -0.1) is 0 Å². The highest BCUT2D eigenvalue weighted by Crippen LogP contribution is 2.49. The van der Waals surface area contributed by atoms with Crippen LogP contribution in [-0.4, -0.2) is 18.5 Å². The molecule has 1 aromatic carbocycles. The molecule has 0 saturated carbocycles. The van der Waals surface area contributed by atoms with Crippen molar-refractivity contribution in [3.63, 3.8) is 0 Å². The van der Waals surface area contributed by atoms with Crippen LogP contribution in [0.25, 0.3) is 0 Å². The smallest absolute Gasteiger partial charge is 0.0320 e. The predicted molar refractivity (Wildman–Crippen MR) is 72.0 cm³/mol. The number of aryl methyl sites for hydroxylation is 1. The molecule has 0 unspecified atom stereocenters. The highest BCUT2D eigenvalue weighted by atomic mass is 15.1. The molecule has 92 valence electrons. The van der Waals surface area contributed by atoms with Gasteiger partial charge in [0.1, 0.15) is 0 Å². The van der Waals surface area contributed by atoms with Gasteiger partial charge < -0.3 is 10.6 Å². The fourth-order valence-corrected chi connectivity index (χ4v) is 3.62. The van der Waals surface area contributed by atoms with Crippen LogP contribution in [0.4, 0.5) is 5.69 Å². The second-order valence-electron chi connectivity index (χ2n) is 6.49. The minimum absolute atomic E-state index is 0.423. The fourth-order valence-electron chi connectivity index (χ4n) is 3.62. The highest BCUT2D eigenvalue weighted by molar-refractivity contribution is 5.53. The van der Waals surface area contributed by atoms with E-state index >= 15 is 0 Å². The molecule has 0 bridgehead atoms. The quantitative estimate of drug-likeness (QED) is 0.694. The van der Waals surface area contributed by atoms with Crippen LogP contribution in [0.2, 0.25) is 0 Å². The minimum atomic E-state index is 0.423. The third-order valence-electron chi connectivity index (χ3n) is 4.64. The lowest BCUT2D eigenvalue weighted by molar-refractivity contribution is 0.164. The maximum Gasteiger partial charge on any atom is 0.0320 e. The molecule has 1 aliphatic heterocycles. The van der Waals surface area contributed by atoms with E-state index in [-0.39, 0.29) is 0 Å². The van der Waals surface area contributed by atoms with E-state index in [2.05, 4.69) is 37.9 Å². The average Bonchev–Trinajstić information content (AvgIpc) is 2.22. The van der Waals surface area contributed by atoms with Crippen molar-refractivity contribution in [3.8, 4) is 0 Å². The number of hydrogen-bond acceptors (Lipinski definition) is 2. The Kier molecular flexibility index (Phi) is 2.27. The average molecular weight is 230 g/mol. The first-order chi connectivity index (χ1) is 7.97. The number of nitrogen functional groups attached to an aromatic ring is 1. The molecule has 2 aliphatic rings. The first-order valence-electron chi connectivity index (χ1n) is 6.57. The van der Waals surface area contributed by atoms with Gasteiger partial charge in [-0.2, -0.15) is 0 Å². The van der Waals surface area contributed by atoms with Gasteiger partial charge >= 0.3 is 0 Å². The summed E-state index contributed by atoms with van der Waals surface area (Å²) >= 11 is 0. The number of anilines is 1. The lowest BCUT2D eigenvalue weighted by atomic mass is 9.63. The molecular weight excluding hydrogens is 208 g/mol. The number of benzene rings is 1. The molecule has 2 heteroatoms. The van der Waals surface area contributed by atoms with Crippen LogP contribution in [0.15, 0.2) is 12.1 Å². The van der Waals surface area contributed by atoms with Gasteiger partial charge in [0.2, 0.25) is 0 Å². The third kappa shape index (κ3) is 1.66. The fraction of sp³-hybridized carbons (Fsp3) is 0.600. The van der Waals surface area contributed by atoms with E-state index in [1.165, 1.54) is 30.5 Å². The van der Waals surface area contributed by atoms with Gasteiger partial charge in [-0.25, -0.2) is 0 Å². The van der Waals surface area contributed by atoms with Gasteiger partial charge in [0, 0.05) is 24.7 Å². The van der Waals surface area contributed by atoms with Gasteiger partial charge in [-0.1, -0.05) is 13.8 Å². The van der Waals surface area contributed by atoms with Gasteiger partial charge in [0.25, 0.3) is 0 Å². The van der Waals surface area contributed by atoms with E-state index < -0.39 is 0 Å². The summed E-state index contributed by atoms with van der Waals surface area (Å²) in [5, 5.41) is 0. The summed E-state index contributed by atoms with van der Waals surface area (Å²) in [5.41, 5.74) is 12.0. The molecular formula is C15H22N2. The van der Waals surface area contributed by atoms with Crippen molar-refractivity contribution in [2.75, 3.05) is 19.3 Å². The van der Waals surface area contributed by atoms with Crippen LogP contribution in [0, 0.1) is 5.41 Å². The Morgan fingerprint density at radius 1 is 1.29 bits per heavy atom. The summed E-state index contributed by atoms with van der Waals surface area (Å²) in [6.07, 6.45) is 2.47. The number of likely N-dealkylation sites (N-methyl/N-ethyl adjacent to an activating group) is 1. The zero-order valence-electron chi connectivity index (χ0n) is 11.1. The molecule has 17 heavy (non-hydrogen) atoms. The molecule has 0 aromatic heterocycles. The molecule has 1 heterocycles. The SMILES string of the molecule is CN1Cc2cc(N)cc3c2[C@H](C1)C(C)(C)CC3. The summed E-state index contributed by atoms with van der Waals surface area (Å²) in [6, 6.07) is 4.38. The van der Waals surface area contributed by atoms with Crippen molar-refractivity contribution >= 4 is 5.69 Å². The topological polar surface area (TPSA) is 29.3 Å². The second kappa shape index (κ2) is 3.49. The van der Waals surface area contributed by atoms with E-state index in [9.17, 15) is 0 Å². The van der Waals surface area contributed by atoms with Gasteiger partial charge in [-0.05, 0) is 54.1 Å². The molecule has 0 radical (unpaired) electrons. The molecule has 0 amide bonds. The van der Waals surface area contributed by atoms with E-state index in [0.717, 1.165) is 12.2 Å². The van der Waals surface area contributed by atoms with Crippen molar-refractivity contribution in [1.29, 1.82) is 0 Å². The number of nitrogens with zero attached hydrogens (tertiary/aromatic N) is 1. The molecule has 1 atom stereocenters. The van der Waals surface area contributed by atoms with Crippen molar-refractivity contribution in [2.24, 2.45) is 5.41 Å². The second-order valence-corrected chi connectivity index (χ2v) is 6.49. The Bertz CT molecular complexity index is 462. The normalized spacial score (nSPS) is 26.6. The third-order valence-corrected chi connectivity index (χ3v) is 4.64. The number of nitrogens with two attached hydrogens (primary N) is 1. The molecule has 2 nitrogen and oxygen atoms in total. The highest BCUT2D eigenvalue weighted by Gasteiger charge is 2.40. The molecule has 0 fully saturated rings. The zero-order valence-corrected chi connectivity index (χ0v) is 11.1. The van der Waals surface area contributed by atoms with E-state index in [1.54, 1.807) is 5.56 Å². The summed E-state index contributed by atoms with van der Waals surface area (Å²) in [4.78, 5) is 2.43. The van der Waals surface area contributed by atoms with Crippen molar-refractivity contribution in [3.05, 3.63) is 28.8 Å². The van der Waals surface area contributed by atoms with Crippen LogP contribution in [-0.2, 0) is 13.0 Å². The lowest BCUT2D eigenvalue weighted by Gasteiger charge is -2.46. The van der Waals surface area contributed by atoms with Crippen LogP contribution in [0.3, 0.4) is 0 Å². The maximum absolute atomic E-state index is 6.02. The van der Waals surface area contributed by atoms with E-state index in [4.69, 9.17) is 5.73 Å². The summed E-state index contributed by atoms with van der Waals surface area (Å²) < 4.78 is 0. The van der Waals surface area contributed by atoms with Gasteiger partial charge in [0.05, 0.1) is 0 Å². The first kappa shape index (κ1) is 11.1. The molecule has 0 spiro atoms. The standard InChI is InChI=1S/C15H22N2/c1-15(2)5-4-10-6-12(16)7-11-8-17(3)9-13(15)14(10)11/h6-7,13H,4-5,8-9,16H2,1-3H3/t13-/m0/s1. The predicted octanol–water partition coefficient (Wildman–Crippen LogP) is 2.77. The Morgan fingerprint density at radius 3 is 2.76 bits per heavy atom. The van der Waals surface area contributed by atoms with Crippen LogP contribution in [0.5, 0.6) is 0 Å². The Balaban J connectivity index is 2.19. The van der Waals surface area contributed by atoms with Crippen LogP contribution < -0.4 is 5.73 Å². The van der Waals surface area contributed by atoms with Crippen molar-refractivity contribution in [2.45, 2.75) is 39.2 Å². The van der Waals surface area contributed by atoms with Crippen LogP contribution >= 0.6 is 0 Å². The molecule has 2 N–H and O–H groups in total. The monoisotopic (exact) mass is 230 g/mol. The molecule has 1 aromatic rings. The Labute approximate surface area is 104 Å². The molecule has 1 aliphatic carbocycles. The van der Waals surface area contributed by atoms with Gasteiger partial charge in [-0.3, -0.25) is 0 Å². The van der Waals surface area contributed by atoms with Gasteiger partial charge in [0.15, 0.2) is 0 Å². The van der Waals surface area contributed by atoms with Crippen LogP contribution in [0.1, 0.15) is 42.9 Å². The Hall–Kier alpha value is -1.02. The number of hydrogen-bond donors (Lipinski definition) is 1. The molecule has 0 saturated heterocycles.